The number of carbonyl (C=O) groups excluding carboxylic acids is 4. The maximum absolute atomic E-state index is 14.1. The van der Waals surface area contributed by atoms with Crippen LogP contribution in [0.4, 0.5) is 4.79 Å². The van der Waals surface area contributed by atoms with Crippen LogP contribution in [0, 0.1) is 28.6 Å². The van der Waals surface area contributed by atoms with Crippen molar-refractivity contribution in [2.24, 2.45) is 28.6 Å². The number of esters is 1. The lowest BCUT2D eigenvalue weighted by Gasteiger charge is -2.59. The van der Waals surface area contributed by atoms with Gasteiger partial charge in [-0.3, -0.25) is 24.8 Å². The standard InChI is InChI=1S/C33H41NO11/c1-4-42-30(39)45-33(27(37)19-43-28(38)15-20-5-7-21(8-6-20)18-44-34(40)41)14-12-25-24-10-9-22-16-23(35)11-13-31(22,2)29(24)26(36)17-32(25,33)3/h5-8,11,13,16,24-26,29,36,40-41H,4,9-10,12,14-15,17-19H2,1-3H3/t24-,25-,26-,29+,31-,32-,33-/m0/s1. The molecule has 0 unspecified atom stereocenters. The second kappa shape index (κ2) is 12.8. The fourth-order valence-electron chi connectivity index (χ4n) is 8.65. The fraction of sp³-hybridized carbons (Fsp3) is 0.576. The zero-order valence-electron chi connectivity index (χ0n) is 25.8. The molecule has 5 rings (SSSR count). The molecule has 244 valence electrons. The predicted molar refractivity (Wildman–Crippen MR) is 155 cm³/mol. The van der Waals surface area contributed by atoms with Crippen LogP contribution in [-0.4, -0.2) is 69.5 Å². The number of rotatable bonds is 10. The Bertz CT molecular complexity index is 1390. The summed E-state index contributed by atoms with van der Waals surface area (Å²) in [5.74, 6) is -1.51. The molecule has 7 atom stereocenters. The molecular weight excluding hydrogens is 586 g/mol. The van der Waals surface area contributed by atoms with Gasteiger partial charge in [0, 0.05) is 16.7 Å². The van der Waals surface area contributed by atoms with Crippen LogP contribution in [-0.2, 0) is 46.5 Å². The molecule has 3 N–H and O–H groups in total. The van der Waals surface area contributed by atoms with Crippen molar-refractivity contribution in [3.63, 3.8) is 0 Å². The van der Waals surface area contributed by atoms with Crippen LogP contribution in [0.15, 0.2) is 48.1 Å². The summed E-state index contributed by atoms with van der Waals surface area (Å²) in [6.45, 7) is 4.91. The molecule has 3 fully saturated rings. The fourth-order valence-corrected chi connectivity index (χ4v) is 8.65. The van der Waals surface area contributed by atoms with E-state index in [4.69, 9.17) is 24.6 Å². The molecule has 0 heterocycles. The molecule has 0 saturated heterocycles. The average molecular weight is 628 g/mol. The van der Waals surface area contributed by atoms with Gasteiger partial charge in [-0.15, -0.1) is 0 Å². The Hall–Kier alpha value is -3.42. The summed E-state index contributed by atoms with van der Waals surface area (Å²) >= 11 is 0. The first kappa shape index (κ1) is 33.0. The minimum Gasteiger partial charge on any atom is -0.457 e. The van der Waals surface area contributed by atoms with E-state index in [1.165, 1.54) is 0 Å². The zero-order valence-corrected chi connectivity index (χ0v) is 25.8. The van der Waals surface area contributed by atoms with Gasteiger partial charge < -0.3 is 19.3 Å². The molecule has 0 aromatic heterocycles. The van der Waals surface area contributed by atoms with Gasteiger partial charge in [-0.05, 0) is 74.1 Å². The molecular formula is C33H41NO11. The highest BCUT2D eigenvalue weighted by atomic mass is 17.1. The van der Waals surface area contributed by atoms with Crippen LogP contribution in [0.1, 0.15) is 64.0 Å². The normalized spacial score (nSPS) is 33.5. The quantitative estimate of drug-likeness (QED) is 0.252. The number of benzene rings is 1. The molecule has 0 amide bonds. The summed E-state index contributed by atoms with van der Waals surface area (Å²) in [5, 5.41) is 28.7. The molecule has 1 aromatic rings. The number of ether oxygens (including phenoxy) is 3. The predicted octanol–water partition coefficient (Wildman–Crippen LogP) is 4.04. The molecule has 4 aliphatic carbocycles. The maximum Gasteiger partial charge on any atom is 0.509 e. The van der Waals surface area contributed by atoms with Gasteiger partial charge in [0.1, 0.15) is 0 Å². The van der Waals surface area contributed by atoms with E-state index in [0.29, 0.717) is 24.0 Å². The van der Waals surface area contributed by atoms with Gasteiger partial charge in [0.05, 0.1) is 31.1 Å². The Balaban J connectivity index is 1.33. The largest absolute Gasteiger partial charge is 0.509 e. The highest BCUT2D eigenvalue weighted by molar-refractivity contribution is 6.01. The summed E-state index contributed by atoms with van der Waals surface area (Å²) in [6.07, 6.45) is 5.59. The van der Waals surface area contributed by atoms with Gasteiger partial charge in [-0.2, -0.15) is 0 Å². The number of hydrogen-bond donors (Lipinski definition) is 3. The number of hydrogen-bond acceptors (Lipinski definition) is 12. The van der Waals surface area contributed by atoms with Crippen LogP contribution in [0.25, 0.3) is 0 Å². The summed E-state index contributed by atoms with van der Waals surface area (Å²) in [6, 6.07) is 6.59. The summed E-state index contributed by atoms with van der Waals surface area (Å²) in [7, 11) is 0. The van der Waals surface area contributed by atoms with Gasteiger partial charge in [-0.1, -0.05) is 49.8 Å². The van der Waals surface area contributed by atoms with Gasteiger partial charge in [0.25, 0.3) is 0 Å². The van der Waals surface area contributed by atoms with Gasteiger partial charge in [0.15, 0.2) is 18.0 Å². The van der Waals surface area contributed by atoms with Crippen molar-refractivity contribution in [3.8, 4) is 0 Å². The van der Waals surface area contributed by atoms with Crippen molar-refractivity contribution in [1.82, 2.24) is 5.39 Å². The first-order valence-electron chi connectivity index (χ1n) is 15.4. The lowest BCUT2D eigenvalue weighted by atomic mass is 9.46. The van der Waals surface area contributed by atoms with E-state index in [2.05, 4.69) is 11.8 Å². The van der Waals surface area contributed by atoms with Crippen molar-refractivity contribution in [1.29, 1.82) is 0 Å². The molecule has 0 spiro atoms. The number of carbonyl (C=O) groups is 4. The SMILES string of the molecule is CCOC(=O)O[C@]1(C(=O)COC(=O)Cc2ccc(CON(O)O)cc2)CC[C@H]2[C@@H]3CCC4=CC(=O)C=C[C@]4(C)[C@H]3[C@@H](O)C[C@@]21C. The van der Waals surface area contributed by atoms with E-state index in [1.54, 1.807) is 43.3 Å². The number of Topliss-reactive ketones (excluding diaryl/α,β-unsaturated/α-hetero) is 1. The molecule has 1 aromatic carbocycles. The Morgan fingerprint density at radius 2 is 1.76 bits per heavy atom. The van der Waals surface area contributed by atoms with Crippen LogP contribution >= 0.6 is 0 Å². The number of nitrogens with zero attached hydrogens (tertiary/aromatic N) is 1. The maximum atomic E-state index is 14.1. The second-order valence-corrected chi connectivity index (χ2v) is 13.0. The highest BCUT2D eigenvalue weighted by Gasteiger charge is 2.70. The van der Waals surface area contributed by atoms with Crippen LogP contribution in [0.3, 0.4) is 0 Å². The minimum atomic E-state index is -1.67. The number of fused-ring (bicyclic) bond motifs is 5. The second-order valence-electron chi connectivity index (χ2n) is 13.0. The van der Waals surface area contributed by atoms with E-state index in [0.717, 1.165) is 12.0 Å². The highest BCUT2D eigenvalue weighted by Crippen LogP contribution is 2.68. The minimum absolute atomic E-state index is 0.00738. The van der Waals surface area contributed by atoms with Crippen LogP contribution in [0.5, 0.6) is 0 Å². The summed E-state index contributed by atoms with van der Waals surface area (Å²) < 4.78 is 16.4. The third kappa shape index (κ3) is 6.09. The number of aliphatic hydroxyl groups excluding tert-OH is 1. The lowest BCUT2D eigenvalue weighted by Crippen LogP contribution is -2.63. The topological polar surface area (TPSA) is 169 Å². The first-order chi connectivity index (χ1) is 21.3. The van der Waals surface area contributed by atoms with Gasteiger partial charge in [-0.25, -0.2) is 9.63 Å². The Kier molecular flexibility index (Phi) is 9.35. The van der Waals surface area contributed by atoms with Gasteiger partial charge >= 0.3 is 12.1 Å². The van der Waals surface area contributed by atoms with Crippen molar-refractivity contribution < 1.29 is 53.7 Å². The molecule has 3 saturated carbocycles. The van der Waals surface area contributed by atoms with Crippen LogP contribution in [0.2, 0.25) is 0 Å². The zero-order chi connectivity index (χ0) is 32.6. The lowest BCUT2D eigenvalue weighted by molar-refractivity contribution is -0.497. The number of ketones is 2. The van der Waals surface area contributed by atoms with E-state index in [-0.39, 0.29) is 61.4 Å². The van der Waals surface area contributed by atoms with Crippen molar-refractivity contribution >= 4 is 23.7 Å². The third-order valence-electron chi connectivity index (χ3n) is 10.7. The summed E-state index contributed by atoms with van der Waals surface area (Å²) in [5.41, 5.74) is -0.869. The Morgan fingerprint density at radius 3 is 2.44 bits per heavy atom. The Morgan fingerprint density at radius 1 is 1.04 bits per heavy atom. The average Bonchev–Trinajstić information content (AvgIpc) is 3.27. The Labute approximate surface area is 261 Å². The summed E-state index contributed by atoms with van der Waals surface area (Å²) in [4.78, 5) is 56.4. The molecule has 0 bridgehead atoms. The molecule has 12 heteroatoms. The van der Waals surface area contributed by atoms with E-state index in [9.17, 15) is 24.3 Å². The van der Waals surface area contributed by atoms with Crippen LogP contribution < -0.4 is 0 Å². The molecule has 12 nitrogen and oxygen atoms in total. The van der Waals surface area contributed by atoms with Crippen molar-refractivity contribution in [2.45, 2.75) is 77.6 Å². The smallest absolute Gasteiger partial charge is 0.457 e. The van der Waals surface area contributed by atoms with Crippen molar-refractivity contribution in [3.05, 3.63) is 59.2 Å². The van der Waals surface area contributed by atoms with E-state index in [1.807, 2.05) is 13.0 Å². The number of aliphatic hydroxyl groups is 1. The van der Waals surface area contributed by atoms with Gasteiger partial charge in [0.2, 0.25) is 5.78 Å². The monoisotopic (exact) mass is 627 g/mol. The molecule has 0 aliphatic heterocycles. The first-order valence-corrected chi connectivity index (χ1v) is 15.4. The number of allylic oxidation sites excluding steroid dienone is 4. The molecule has 0 radical (unpaired) electrons. The van der Waals surface area contributed by atoms with E-state index < -0.39 is 47.0 Å². The molecule has 45 heavy (non-hydrogen) atoms. The van der Waals surface area contributed by atoms with E-state index >= 15 is 0 Å². The molecule has 4 aliphatic rings. The third-order valence-corrected chi connectivity index (χ3v) is 10.7. The van der Waals surface area contributed by atoms with Crippen molar-refractivity contribution in [2.75, 3.05) is 13.2 Å².